The zero-order valence-corrected chi connectivity index (χ0v) is 12.3. The van der Waals surface area contributed by atoms with E-state index in [1.54, 1.807) is 11.3 Å². The average molecular weight is 308 g/mol. The smallest absolute Gasteiger partial charge is 0.213 e. The maximum Gasteiger partial charge on any atom is 0.213 e. The van der Waals surface area contributed by atoms with Crippen LogP contribution in [0.2, 0.25) is 0 Å². The monoisotopic (exact) mass is 308 g/mol. The van der Waals surface area contributed by atoms with Crippen LogP contribution in [0.25, 0.3) is 10.6 Å². The third kappa shape index (κ3) is 2.63. The Morgan fingerprint density at radius 1 is 1.45 bits per heavy atom. The van der Waals surface area contributed by atoms with Crippen LogP contribution in [0.3, 0.4) is 0 Å². The second kappa shape index (κ2) is 5.55. The number of hydrogen-bond acceptors (Lipinski definition) is 9. The fraction of sp³-hybridized carbons (Fsp3) is 0.273. The molecule has 0 aliphatic heterocycles. The van der Waals surface area contributed by atoms with Gasteiger partial charge in [0.15, 0.2) is 5.82 Å². The van der Waals surface area contributed by atoms with Gasteiger partial charge in [-0.3, -0.25) is 0 Å². The highest BCUT2D eigenvalue weighted by Crippen LogP contribution is 2.38. The van der Waals surface area contributed by atoms with Gasteiger partial charge >= 0.3 is 0 Å². The van der Waals surface area contributed by atoms with E-state index >= 15 is 0 Å². The first-order valence-corrected chi connectivity index (χ1v) is 7.56. The second-order valence-electron chi connectivity index (χ2n) is 4.09. The lowest BCUT2D eigenvalue weighted by Gasteiger charge is -2.03. The molecule has 3 aromatic rings. The molecule has 3 N–H and O–H groups in total. The van der Waals surface area contributed by atoms with E-state index < -0.39 is 0 Å². The maximum atomic E-state index is 5.94. The van der Waals surface area contributed by atoms with Crippen LogP contribution in [0.4, 0.5) is 10.8 Å². The summed E-state index contributed by atoms with van der Waals surface area (Å²) in [6, 6.07) is 0. The Bertz CT molecular complexity index is 690. The zero-order chi connectivity index (χ0) is 13.9. The van der Waals surface area contributed by atoms with Crippen molar-refractivity contribution in [3.05, 3.63) is 23.3 Å². The molecule has 0 radical (unpaired) electrons. The Labute approximate surface area is 123 Å². The van der Waals surface area contributed by atoms with E-state index in [1.807, 2.05) is 12.3 Å². The summed E-state index contributed by atoms with van der Waals surface area (Å²) in [7, 11) is 0. The topological polar surface area (TPSA) is 103 Å². The van der Waals surface area contributed by atoms with Crippen LogP contribution in [-0.4, -0.2) is 26.0 Å². The predicted molar refractivity (Wildman–Crippen MR) is 78.9 cm³/mol. The molecule has 0 unspecified atom stereocenters. The standard InChI is InChI=1S/C11H12N6OS2/c1-6-4-19-11(15-6)8-9(12)17-20-10(8)13-3-2-7-14-5-18-16-7/h4-5,13H,2-3H2,1H3,(H2,12,17). The first-order valence-electron chi connectivity index (χ1n) is 5.91. The van der Waals surface area contributed by atoms with E-state index in [2.05, 4.69) is 24.8 Å². The van der Waals surface area contributed by atoms with Crippen LogP contribution in [0.5, 0.6) is 0 Å². The van der Waals surface area contributed by atoms with Gasteiger partial charge < -0.3 is 15.6 Å². The van der Waals surface area contributed by atoms with Gasteiger partial charge in [0.25, 0.3) is 0 Å². The fourth-order valence-corrected chi connectivity index (χ4v) is 3.35. The highest BCUT2D eigenvalue weighted by molar-refractivity contribution is 7.15. The molecule has 3 heterocycles. The maximum absolute atomic E-state index is 5.94. The molecule has 104 valence electrons. The van der Waals surface area contributed by atoms with Gasteiger partial charge in [0.2, 0.25) is 6.39 Å². The van der Waals surface area contributed by atoms with E-state index in [0.29, 0.717) is 24.6 Å². The van der Waals surface area contributed by atoms with Gasteiger partial charge in [0.05, 0.1) is 5.56 Å². The molecule has 0 bridgehead atoms. The first kappa shape index (κ1) is 13.0. The van der Waals surface area contributed by atoms with E-state index in [0.717, 1.165) is 21.3 Å². The summed E-state index contributed by atoms with van der Waals surface area (Å²) >= 11 is 2.90. The van der Waals surface area contributed by atoms with Crippen molar-refractivity contribution in [2.45, 2.75) is 13.3 Å². The molecule has 7 nitrogen and oxygen atoms in total. The summed E-state index contributed by atoms with van der Waals surface area (Å²) in [5.74, 6) is 1.17. The lowest BCUT2D eigenvalue weighted by molar-refractivity contribution is 0.410. The summed E-state index contributed by atoms with van der Waals surface area (Å²) in [6.45, 7) is 2.64. The van der Waals surface area contributed by atoms with Gasteiger partial charge in [-0.05, 0) is 18.5 Å². The van der Waals surface area contributed by atoms with Crippen LogP contribution in [0.15, 0.2) is 16.3 Å². The minimum atomic E-state index is 0.506. The lowest BCUT2D eigenvalue weighted by atomic mass is 10.3. The highest BCUT2D eigenvalue weighted by atomic mass is 32.1. The van der Waals surface area contributed by atoms with Gasteiger partial charge in [0.1, 0.15) is 15.8 Å². The molecule has 0 aromatic carbocycles. The molecule has 0 saturated heterocycles. The predicted octanol–water partition coefficient (Wildman–Crippen LogP) is 2.19. The largest absolute Gasteiger partial charge is 0.382 e. The summed E-state index contributed by atoms with van der Waals surface area (Å²) < 4.78 is 8.88. The van der Waals surface area contributed by atoms with E-state index in [4.69, 9.17) is 10.3 Å². The van der Waals surface area contributed by atoms with Gasteiger partial charge in [-0.1, -0.05) is 5.16 Å². The first-order chi connectivity index (χ1) is 9.74. The Balaban J connectivity index is 1.74. The van der Waals surface area contributed by atoms with Crippen molar-refractivity contribution in [3.63, 3.8) is 0 Å². The number of nitrogens with one attached hydrogen (secondary N) is 1. The van der Waals surface area contributed by atoms with Crippen molar-refractivity contribution in [2.75, 3.05) is 17.6 Å². The fourth-order valence-electron chi connectivity index (χ4n) is 1.69. The van der Waals surface area contributed by atoms with Crippen LogP contribution in [0, 0.1) is 6.92 Å². The SMILES string of the molecule is Cc1csc(-c2c(N)nsc2NCCc2ncon2)n1. The number of anilines is 2. The highest BCUT2D eigenvalue weighted by Gasteiger charge is 2.16. The Kier molecular flexibility index (Phi) is 3.61. The van der Waals surface area contributed by atoms with Gasteiger partial charge in [-0.25, -0.2) is 4.98 Å². The molecule has 0 atom stereocenters. The van der Waals surface area contributed by atoms with Crippen molar-refractivity contribution < 1.29 is 4.52 Å². The molecule has 0 aliphatic carbocycles. The number of nitrogen functional groups attached to an aromatic ring is 1. The van der Waals surface area contributed by atoms with Crippen molar-refractivity contribution in [1.82, 2.24) is 19.5 Å². The molecular weight excluding hydrogens is 296 g/mol. The number of nitrogens with zero attached hydrogens (tertiary/aromatic N) is 4. The Morgan fingerprint density at radius 3 is 3.05 bits per heavy atom. The molecule has 20 heavy (non-hydrogen) atoms. The molecule has 0 saturated carbocycles. The van der Waals surface area contributed by atoms with Gasteiger partial charge in [-0.2, -0.15) is 9.36 Å². The summed E-state index contributed by atoms with van der Waals surface area (Å²) in [5.41, 5.74) is 7.79. The summed E-state index contributed by atoms with van der Waals surface area (Å²) in [4.78, 5) is 8.43. The third-order valence-electron chi connectivity index (χ3n) is 2.59. The number of thiazole rings is 1. The summed E-state index contributed by atoms with van der Waals surface area (Å²) in [5, 5.41) is 10.9. The number of nitrogens with two attached hydrogens (primary N) is 1. The molecule has 9 heteroatoms. The van der Waals surface area contributed by atoms with Crippen molar-refractivity contribution in [1.29, 1.82) is 0 Å². The lowest BCUT2D eigenvalue weighted by Crippen LogP contribution is -2.05. The number of rotatable bonds is 5. The number of hydrogen-bond donors (Lipinski definition) is 2. The molecule has 3 aromatic heterocycles. The zero-order valence-electron chi connectivity index (χ0n) is 10.7. The molecule has 0 spiro atoms. The molecule has 3 rings (SSSR count). The minimum Gasteiger partial charge on any atom is -0.382 e. The number of aryl methyl sites for hydroxylation is 1. The van der Waals surface area contributed by atoms with Crippen LogP contribution in [-0.2, 0) is 6.42 Å². The Hall–Kier alpha value is -2.00. The van der Waals surface area contributed by atoms with Crippen LogP contribution < -0.4 is 11.1 Å². The molecule has 0 fully saturated rings. The molecule has 0 amide bonds. The Morgan fingerprint density at radius 2 is 2.35 bits per heavy atom. The van der Waals surface area contributed by atoms with E-state index in [1.165, 1.54) is 17.9 Å². The van der Waals surface area contributed by atoms with E-state index in [-0.39, 0.29) is 0 Å². The average Bonchev–Trinajstić information content (AvgIpc) is 3.12. The van der Waals surface area contributed by atoms with Crippen LogP contribution >= 0.6 is 22.9 Å². The third-order valence-corrected chi connectivity index (χ3v) is 4.39. The number of aromatic nitrogens is 4. The second-order valence-corrected chi connectivity index (χ2v) is 5.72. The van der Waals surface area contributed by atoms with Crippen molar-refractivity contribution >= 4 is 33.7 Å². The van der Waals surface area contributed by atoms with E-state index in [9.17, 15) is 0 Å². The molecule has 0 aliphatic rings. The quantitative estimate of drug-likeness (QED) is 0.744. The van der Waals surface area contributed by atoms with Gasteiger partial charge in [-0.15, -0.1) is 11.3 Å². The normalized spacial score (nSPS) is 10.8. The minimum absolute atomic E-state index is 0.506. The van der Waals surface area contributed by atoms with Crippen molar-refractivity contribution in [2.24, 2.45) is 0 Å². The van der Waals surface area contributed by atoms with Crippen molar-refractivity contribution in [3.8, 4) is 10.6 Å². The van der Waals surface area contributed by atoms with Crippen LogP contribution in [0.1, 0.15) is 11.5 Å². The molecular formula is C11H12N6OS2. The van der Waals surface area contributed by atoms with Gasteiger partial charge in [0, 0.05) is 24.0 Å². The summed E-state index contributed by atoms with van der Waals surface area (Å²) in [6.07, 6.45) is 1.99.